The van der Waals surface area contributed by atoms with Crippen molar-refractivity contribution >= 4 is 41.0 Å². The van der Waals surface area contributed by atoms with Gasteiger partial charge < -0.3 is 0 Å². The molecule has 0 aliphatic heterocycles. The van der Waals surface area contributed by atoms with Gasteiger partial charge in [0.25, 0.3) is 35.6 Å². The second kappa shape index (κ2) is 12.2. The Labute approximate surface area is 271 Å². The maximum absolute atomic E-state index is 13.5. The van der Waals surface area contributed by atoms with Gasteiger partial charge in [-0.25, -0.2) is 26.7 Å². The van der Waals surface area contributed by atoms with E-state index in [-0.39, 0.29) is 26.5 Å². The lowest BCUT2D eigenvalue weighted by molar-refractivity contribution is 0.576. The standard InChI is InChI=1S/C33H26N4O7S3/c1-23-34-32-21-20-30(47(43,44)36-46(41,42)29-18-14-27(15-19-29)25-10-6-3-7-11-25)22-31(32)33(38)37(23)35-45(39,40)28-16-12-26(13-17-28)24-8-4-2-5-9-24/h2-22,35-36H,1H3. The van der Waals surface area contributed by atoms with Gasteiger partial charge in [0.2, 0.25) is 0 Å². The van der Waals surface area contributed by atoms with Crippen LogP contribution in [0, 0.1) is 6.92 Å². The minimum absolute atomic E-state index is 0.0118. The van der Waals surface area contributed by atoms with E-state index in [0.29, 0.717) is 4.68 Å². The van der Waals surface area contributed by atoms with Crippen LogP contribution in [0.1, 0.15) is 5.82 Å². The van der Waals surface area contributed by atoms with Gasteiger partial charge in [-0.2, -0.15) is 13.1 Å². The normalized spacial score (nSPS) is 12.2. The number of rotatable bonds is 9. The number of sulfonamides is 3. The molecule has 11 nitrogen and oxygen atoms in total. The fourth-order valence-corrected chi connectivity index (χ4v) is 8.87. The Bertz CT molecular complexity index is 2500. The van der Waals surface area contributed by atoms with Gasteiger partial charge in [-0.05, 0) is 71.6 Å². The van der Waals surface area contributed by atoms with Crippen molar-refractivity contribution in [2.45, 2.75) is 21.6 Å². The number of fused-ring (bicyclic) bond motifs is 1. The molecule has 1 heterocycles. The van der Waals surface area contributed by atoms with E-state index in [0.717, 1.165) is 34.4 Å². The summed E-state index contributed by atoms with van der Waals surface area (Å²) in [5.74, 6) is -0.0118. The summed E-state index contributed by atoms with van der Waals surface area (Å²) in [6.45, 7) is 1.41. The molecule has 0 radical (unpaired) electrons. The van der Waals surface area contributed by atoms with Crippen molar-refractivity contribution in [3.8, 4) is 22.3 Å². The molecule has 6 rings (SSSR count). The molecule has 0 spiro atoms. The molecule has 2 N–H and O–H groups in total. The topological polar surface area (TPSA) is 161 Å². The summed E-state index contributed by atoms with van der Waals surface area (Å²) in [6.07, 6.45) is 0. The van der Waals surface area contributed by atoms with Crippen LogP contribution in [0.25, 0.3) is 33.2 Å². The van der Waals surface area contributed by atoms with Crippen LogP contribution < -0.4 is 14.5 Å². The van der Waals surface area contributed by atoms with Gasteiger partial charge in [-0.3, -0.25) is 4.79 Å². The molecule has 14 heteroatoms. The number of nitrogens with one attached hydrogen (secondary N) is 2. The van der Waals surface area contributed by atoms with Crippen molar-refractivity contribution in [1.82, 2.24) is 13.8 Å². The van der Waals surface area contributed by atoms with Crippen LogP contribution in [0.15, 0.2) is 147 Å². The highest BCUT2D eigenvalue weighted by atomic mass is 32.3. The molecule has 47 heavy (non-hydrogen) atoms. The lowest BCUT2D eigenvalue weighted by Crippen LogP contribution is -2.35. The van der Waals surface area contributed by atoms with E-state index in [4.69, 9.17) is 0 Å². The Hall–Kier alpha value is -5.15. The summed E-state index contributed by atoms with van der Waals surface area (Å²) in [4.78, 5) is 19.0. The van der Waals surface area contributed by atoms with Gasteiger partial charge in [0, 0.05) is 0 Å². The Kier molecular flexibility index (Phi) is 8.27. The van der Waals surface area contributed by atoms with Crippen molar-refractivity contribution in [3.63, 3.8) is 0 Å². The van der Waals surface area contributed by atoms with Crippen molar-refractivity contribution < 1.29 is 25.3 Å². The average molecular weight is 687 g/mol. The molecule has 0 amide bonds. The van der Waals surface area contributed by atoms with E-state index < -0.39 is 40.5 Å². The summed E-state index contributed by atoms with van der Waals surface area (Å²) < 4.78 is 81.4. The molecule has 0 bridgehead atoms. The summed E-state index contributed by atoms with van der Waals surface area (Å²) in [6, 6.07) is 33.6. The van der Waals surface area contributed by atoms with Crippen molar-refractivity contribution in [1.29, 1.82) is 0 Å². The van der Waals surface area contributed by atoms with Crippen molar-refractivity contribution in [3.05, 3.63) is 144 Å². The highest BCUT2D eigenvalue weighted by Crippen LogP contribution is 2.24. The highest BCUT2D eigenvalue weighted by molar-refractivity contribution is 8.04. The van der Waals surface area contributed by atoms with Crippen LogP contribution in [-0.4, -0.2) is 34.9 Å². The van der Waals surface area contributed by atoms with Crippen LogP contribution in [0.2, 0.25) is 0 Å². The first-order valence-corrected chi connectivity index (χ1v) is 18.4. The van der Waals surface area contributed by atoms with Crippen molar-refractivity contribution in [2.24, 2.45) is 0 Å². The summed E-state index contributed by atoms with van der Waals surface area (Å²) in [5.41, 5.74) is 2.44. The summed E-state index contributed by atoms with van der Waals surface area (Å²) in [7, 11) is -13.5. The van der Waals surface area contributed by atoms with Crippen LogP contribution in [0.4, 0.5) is 0 Å². The van der Waals surface area contributed by atoms with E-state index >= 15 is 0 Å². The van der Waals surface area contributed by atoms with Crippen LogP contribution in [0.5, 0.6) is 0 Å². The second-order valence-electron chi connectivity index (χ2n) is 10.4. The van der Waals surface area contributed by atoms with E-state index in [1.807, 2.05) is 60.7 Å². The monoisotopic (exact) mass is 686 g/mol. The number of hydrogen-bond donors (Lipinski definition) is 2. The van der Waals surface area contributed by atoms with Gasteiger partial charge >= 0.3 is 0 Å². The molecule has 0 saturated carbocycles. The number of hydrogen-bond acceptors (Lipinski definition) is 8. The Morgan fingerprint density at radius 2 is 0.957 bits per heavy atom. The Balaban J connectivity index is 1.28. The highest BCUT2D eigenvalue weighted by Gasteiger charge is 2.26. The number of nitrogens with zero attached hydrogens (tertiary/aromatic N) is 2. The molecule has 0 fully saturated rings. The lowest BCUT2D eigenvalue weighted by Gasteiger charge is -2.14. The molecule has 0 aliphatic rings. The first-order chi connectivity index (χ1) is 22.3. The average Bonchev–Trinajstić information content (AvgIpc) is 3.07. The SMILES string of the molecule is Cc1nc2ccc(S(=O)(=O)NS(=O)(=O)c3ccc(-c4ccccc4)cc3)cc2c(=O)n1NS(=O)(=O)c1ccc(-c2ccccc2)cc1. The fourth-order valence-electron chi connectivity index (χ4n) is 4.88. The minimum Gasteiger partial charge on any atom is -0.267 e. The predicted molar refractivity (Wildman–Crippen MR) is 179 cm³/mol. The third-order valence-corrected chi connectivity index (χ3v) is 12.1. The van der Waals surface area contributed by atoms with Crippen LogP contribution in [0.3, 0.4) is 0 Å². The molecule has 5 aromatic carbocycles. The van der Waals surface area contributed by atoms with E-state index in [1.54, 1.807) is 28.4 Å². The molecule has 1 aromatic heterocycles. The molecule has 0 atom stereocenters. The fraction of sp³-hybridized carbons (Fsp3) is 0.0303. The lowest BCUT2D eigenvalue weighted by atomic mass is 10.1. The third kappa shape index (κ3) is 6.57. The zero-order valence-electron chi connectivity index (χ0n) is 24.6. The Morgan fingerprint density at radius 3 is 1.47 bits per heavy atom. The van der Waals surface area contributed by atoms with Gasteiger partial charge in [-0.15, -0.1) is 4.13 Å². The summed E-state index contributed by atoms with van der Waals surface area (Å²) >= 11 is 0. The quantitative estimate of drug-likeness (QED) is 0.222. The maximum atomic E-state index is 13.5. The minimum atomic E-state index is -4.72. The van der Waals surface area contributed by atoms with Crippen LogP contribution in [-0.2, 0) is 30.1 Å². The van der Waals surface area contributed by atoms with Crippen molar-refractivity contribution in [2.75, 3.05) is 4.83 Å². The zero-order valence-corrected chi connectivity index (χ0v) is 27.1. The molecule has 0 saturated heterocycles. The Morgan fingerprint density at radius 1 is 0.532 bits per heavy atom. The molecule has 0 unspecified atom stereocenters. The zero-order chi connectivity index (χ0) is 33.4. The first kappa shape index (κ1) is 31.8. The van der Waals surface area contributed by atoms with E-state index in [2.05, 4.69) is 9.82 Å². The molecule has 6 aromatic rings. The molecule has 238 valence electrons. The third-order valence-electron chi connectivity index (χ3n) is 7.29. The largest absolute Gasteiger partial charge is 0.280 e. The number of aromatic nitrogens is 2. The predicted octanol–water partition coefficient (Wildman–Crippen LogP) is 4.64. The van der Waals surface area contributed by atoms with E-state index in [9.17, 15) is 30.0 Å². The van der Waals surface area contributed by atoms with Gasteiger partial charge in [-0.1, -0.05) is 84.9 Å². The van der Waals surface area contributed by atoms with E-state index in [1.165, 1.54) is 37.3 Å². The van der Waals surface area contributed by atoms with Gasteiger partial charge in [0.1, 0.15) is 5.82 Å². The molecular weight excluding hydrogens is 661 g/mol. The second-order valence-corrected chi connectivity index (χ2v) is 15.7. The van der Waals surface area contributed by atoms with Crippen LogP contribution >= 0.6 is 0 Å². The number of benzene rings is 5. The maximum Gasteiger partial charge on any atom is 0.280 e. The molecular formula is C33H26N4O7S3. The first-order valence-electron chi connectivity index (χ1n) is 14.0. The summed E-state index contributed by atoms with van der Waals surface area (Å²) in [5, 5.41) is -0.259. The number of aryl methyl sites for hydroxylation is 1. The van der Waals surface area contributed by atoms with Gasteiger partial charge in [0.15, 0.2) is 0 Å². The molecule has 0 aliphatic carbocycles. The smallest absolute Gasteiger partial charge is 0.267 e. The van der Waals surface area contributed by atoms with Gasteiger partial charge in [0.05, 0.1) is 25.6 Å².